The van der Waals surface area contributed by atoms with Crippen molar-refractivity contribution in [2.75, 3.05) is 0 Å². The van der Waals surface area contributed by atoms with Gasteiger partial charge < -0.3 is 10.4 Å². The molecule has 120 valence electrons. The summed E-state index contributed by atoms with van der Waals surface area (Å²) in [5.74, 6) is -1.20. The fourth-order valence-electron chi connectivity index (χ4n) is 2.86. The molecule has 1 fully saturated rings. The third kappa shape index (κ3) is 3.26. The Kier molecular flexibility index (Phi) is 3.90. The third-order valence-electron chi connectivity index (χ3n) is 4.35. The van der Waals surface area contributed by atoms with Gasteiger partial charge in [-0.3, -0.25) is 14.7 Å². The first-order chi connectivity index (χ1) is 11.0. The first kappa shape index (κ1) is 15.3. The first-order valence-electron chi connectivity index (χ1n) is 7.64. The van der Waals surface area contributed by atoms with Gasteiger partial charge in [0, 0.05) is 5.56 Å². The summed E-state index contributed by atoms with van der Waals surface area (Å²) in [4.78, 5) is 23.3. The second-order valence-electron chi connectivity index (χ2n) is 6.19. The lowest BCUT2D eigenvalue weighted by molar-refractivity contribution is -0.139. The minimum absolute atomic E-state index is 0.0440. The van der Waals surface area contributed by atoms with Crippen LogP contribution in [0.15, 0.2) is 30.3 Å². The Balaban J connectivity index is 1.73. The Morgan fingerprint density at radius 3 is 2.57 bits per heavy atom. The fourth-order valence-corrected chi connectivity index (χ4v) is 2.86. The lowest BCUT2D eigenvalue weighted by atomic mass is 9.74. The lowest BCUT2D eigenvalue weighted by Crippen LogP contribution is -2.54. The van der Waals surface area contributed by atoms with Gasteiger partial charge in [0.05, 0.1) is 17.7 Å². The van der Waals surface area contributed by atoms with Gasteiger partial charge in [0.2, 0.25) is 0 Å². The summed E-state index contributed by atoms with van der Waals surface area (Å²) in [5, 5.41) is 18.8. The maximum atomic E-state index is 12.4. The van der Waals surface area contributed by atoms with Crippen LogP contribution in [0.3, 0.4) is 0 Å². The smallest absolute Gasteiger partial charge is 0.305 e. The normalized spacial score (nSPS) is 15.7. The average Bonchev–Trinajstić information content (AvgIpc) is 2.95. The molecule has 1 aliphatic rings. The summed E-state index contributed by atoms with van der Waals surface area (Å²) in [6.45, 7) is 2.01. The highest BCUT2D eigenvalue weighted by atomic mass is 16.4. The van der Waals surface area contributed by atoms with E-state index in [0.29, 0.717) is 24.2 Å². The van der Waals surface area contributed by atoms with Gasteiger partial charge in [-0.05, 0) is 32.3 Å². The molecule has 0 atom stereocenters. The number of nitrogens with one attached hydrogen (secondary N) is 2. The first-order valence-corrected chi connectivity index (χ1v) is 7.64. The quantitative estimate of drug-likeness (QED) is 0.790. The predicted molar refractivity (Wildman–Crippen MR) is 85.1 cm³/mol. The van der Waals surface area contributed by atoms with Crippen molar-refractivity contribution in [3.63, 3.8) is 0 Å². The fraction of sp³-hybridized carbons (Fsp3) is 0.353. The molecule has 0 unspecified atom stereocenters. The van der Waals surface area contributed by atoms with E-state index in [1.807, 2.05) is 31.2 Å². The summed E-state index contributed by atoms with van der Waals surface area (Å²) in [6.07, 6.45) is 2.29. The Morgan fingerprint density at radius 1 is 1.30 bits per heavy atom. The van der Waals surface area contributed by atoms with Crippen molar-refractivity contribution in [2.24, 2.45) is 0 Å². The number of H-pyrrole nitrogens is 1. The number of aromatic amines is 1. The molecular formula is C17H19N3O3. The Bertz CT molecular complexity index is 730. The van der Waals surface area contributed by atoms with E-state index in [1.54, 1.807) is 6.07 Å². The van der Waals surface area contributed by atoms with Crippen molar-refractivity contribution in [2.45, 2.75) is 38.1 Å². The topological polar surface area (TPSA) is 95.1 Å². The molecular weight excluding hydrogens is 294 g/mol. The zero-order valence-corrected chi connectivity index (χ0v) is 12.9. The molecule has 0 radical (unpaired) electrons. The monoisotopic (exact) mass is 313 g/mol. The van der Waals surface area contributed by atoms with E-state index in [9.17, 15) is 9.59 Å². The summed E-state index contributed by atoms with van der Waals surface area (Å²) in [5.41, 5.74) is 2.50. The Hall–Kier alpha value is -2.63. The number of nitrogens with zero attached hydrogens (tertiary/aromatic N) is 1. The standard InChI is InChI=1S/C17H19N3O3/c1-11-3-5-12(6-4-11)13-9-14(20-19-13)16(23)18-17(7-2-8-17)10-15(21)22/h3-6,9H,2,7-8,10H2,1H3,(H,18,23)(H,19,20)(H,21,22). The van der Waals surface area contributed by atoms with Crippen molar-refractivity contribution in [3.8, 4) is 11.3 Å². The van der Waals surface area contributed by atoms with Crippen LogP contribution >= 0.6 is 0 Å². The second kappa shape index (κ2) is 5.87. The van der Waals surface area contributed by atoms with E-state index >= 15 is 0 Å². The highest BCUT2D eigenvalue weighted by Gasteiger charge is 2.40. The number of aliphatic carboxylic acids is 1. The Labute approximate surface area is 133 Å². The molecule has 1 aromatic heterocycles. The molecule has 0 saturated heterocycles. The van der Waals surface area contributed by atoms with Crippen LogP contribution in [0.2, 0.25) is 0 Å². The number of rotatable bonds is 5. The van der Waals surface area contributed by atoms with E-state index < -0.39 is 11.5 Å². The zero-order chi connectivity index (χ0) is 16.4. The van der Waals surface area contributed by atoms with Gasteiger partial charge in [0.1, 0.15) is 5.69 Å². The molecule has 0 spiro atoms. The number of aryl methyl sites for hydroxylation is 1. The molecule has 1 amide bonds. The van der Waals surface area contributed by atoms with Crippen LogP contribution in [0.5, 0.6) is 0 Å². The molecule has 2 aromatic rings. The molecule has 1 heterocycles. The molecule has 1 aliphatic carbocycles. The molecule has 0 aliphatic heterocycles. The van der Waals surface area contributed by atoms with Crippen molar-refractivity contribution in [1.29, 1.82) is 0 Å². The van der Waals surface area contributed by atoms with Crippen molar-refractivity contribution >= 4 is 11.9 Å². The average molecular weight is 313 g/mol. The van der Waals surface area contributed by atoms with E-state index in [-0.39, 0.29) is 12.3 Å². The molecule has 1 saturated carbocycles. The predicted octanol–water partition coefficient (Wildman–Crippen LogP) is 2.51. The van der Waals surface area contributed by atoms with Crippen LogP contribution in [-0.2, 0) is 4.79 Å². The van der Waals surface area contributed by atoms with Crippen molar-refractivity contribution in [1.82, 2.24) is 15.5 Å². The number of hydrogen-bond donors (Lipinski definition) is 3. The van der Waals surface area contributed by atoms with Crippen molar-refractivity contribution < 1.29 is 14.7 Å². The minimum Gasteiger partial charge on any atom is -0.481 e. The third-order valence-corrected chi connectivity index (χ3v) is 4.35. The zero-order valence-electron chi connectivity index (χ0n) is 12.9. The number of carboxylic acid groups (broad SMARTS) is 1. The van der Waals surface area contributed by atoms with Crippen molar-refractivity contribution in [3.05, 3.63) is 41.6 Å². The van der Waals surface area contributed by atoms with Crippen LogP contribution < -0.4 is 5.32 Å². The minimum atomic E-state index is -0.894. The summed E-state index contributed by atoms with van der Waals surface area (Å²) in [7, 11) is 0. The summed E-state index contributed by atoms with van der Waals surface area (Å²) in [6, 6.07) is 9.56. The SMILES string of the molecule is Cc1ccc(-c2cc(C(=O)NC3(CC(=O)O)CCC3)[nH]n2)cc1. The number of aromatic nitrogens is 2. The van der Waals surface area contributed by atoms with Crippen LogP contribution in [0, 0.1) is 6.92 Å². The maximum Gasteiger partial charge on any atom is 0.305 e. The molecule has 1 aromatic carbocycles. The van der Waals surface area contributed by atoms with Gasteiger partial charge in [-0.2, -0.15) is 5.10 Å². The summed E-state index contributed by atoms with van der Waals surface area (Å²) < 4.78 is 0. The Morgan fingerprint density at radius 2 is 2.00 bits per heavy atom. The van der Waals surface area contributed by atoms with E-state index in [1.165, 1.54) is 0 Å². The van der Waals surface area contributed by atoms with Gasteiger partial charge >= 0.3 is 5.97 Å². The number of carbonyl (C=O) groups is 2. The van der Waals surface area contributed by atoms with E-state index in [2.05, 4.69) is 15.5 Å². The van der Waals surface area contributed by atoms with E-state index in [4.69, 9.17) is 5.11 Å². The largest absolute Gasteiger partial charge is 0.481 e. The molecule has 6 heteroatoms. The molecule has 3 N–H and O–H groups in total. The van der Waals surface area contributed by atoms with Gasteiger partial charge in [0.25, 0.3) is 5.91 Å². The maximum absolute atomic E-state index is 12.4. The molecule has 23 heavy (non-hydrogen) atoms. The van der Waals surface area contributed by atoms with Crippen LogP contribution in [0.25, 0.3) is 11.3 Å². The number of amides is 1. The number of hydrogen-bond acceptors (Lipinski definition) is 3. The number of benzene rings is 1. The lowest BCUT2D eigenvalue weighted by Gasteiger charge is -2.41. The molecule has 0 bridgehead atoms. The van der Waals surface area contributed by atoms with Gasteiger partial charge in [-0.25, -0.2) is 0 Å². The number of carboxylic acids is 1. The van der Waals surface area contributed by atoms with Crippen LogP contribution in [0.1, 0.15) is 41.7 Å². The van der Waals surface area contributed by atoms with Gasteiger partial charge in [-0.15, -0.1) is 0 Å². The van der Waals surface area contributed by atoms with Gasteiger partial charge in [0.15, 0.2) is 0 Å². The highest BCUT2D eigenvalue weighted by Crippen LogP contribution is 2.35. The second-order valence-corrected chi connectivity index (χ2v) is 6.19. The number of carbonyl (C=O) groups excluding carboxylic acids is 1. The van der Waals surface area contributed by atoms with E-state index in [0.717, 1.165) is 17.5 Å². The van der Waals surface area contributed by atoms with Crippen LogP contribution in [0.4, 0.5) is 0 Å². The molecule has 3 rings (SSSR count). The van der Waals surface area contributed by atoms with Crippen LogP contribution in [-0.4, -0.2) is 32.7 Å². The van der Waals surface area contributed by atoms with Gasteiger partial charge in [-0.1, -0.05) is 29.8 Å². The molecule has 6 nitrogen and oxygen atoms in total. The summed E-state index contributed by atoms with van der Waals surface area (Å²) >= 11 is 0. The highest BCUT2D eigenvalue weighted by molar-refractivity contribution is 5.94.